The van der Waals surface area contributed by atoms with Gasteiger partial charge in [0.15, 0.2) is 5.69 Å². The molecule has 0 bridgehead atoms. The number of thioether (sulfide) groups is 1. The molecule has 1 aromatic carbocycles. The van der Waals surface area contributed by atoms with Gasteiger partial charge in [-0.3, -0.25) is 4.79 Å². The highest BCUT2D eigenvalue weighted by molar-refractivity contribution is 7.99. The summed E-state index contributed by atoms with van der Waals surface area (Å²) in [4.78, 5) is 16.6. The molecule has 1 N–H and O–H groups in total. The fourth-order valence-electron chi connectivity index (χ4n) is 2.24. The van der Waals surface area contributed by atoms with E-state index in [0.717, 1.165) is 17.7 Å². The van der Waals surface area contributed by atoms with Crippen LogP contribution in [0.3, 0.4) is 0 Å². The van der Waals surface area contributed by atoms with Gasteiger partial charge in [-0.25, -0.2) is 4.98 Å². The van der Waals surface area contributed by atoms with E-state index in [0.29, 0.717) is 23.9 Å². The first kappa shape index (κ1) is 18.6. The van der Waals surface area contributed by atoms with Crippen LogP contribution in [0.15, 0.2) is 28.7 Å². The van der Waals surface area contributed by atoms with Gasteiger partial charge in [-0.15, -0.1) is 0 Å². The van der Waals surface area contributed by atoms with Crippen LogP contribution in [0.4, 0.5) is 0 Å². The van der Waals surface area contributed by atoms with Gasteiger partial charge in [0.2, 0.25) is 5.89 Å². The first-order valence-corrected chi connectivity index (χ1v) is 9.67. The first-order valence-electron chi connectivity index (χ1n) is 8.52. The van der Waals surface area contributed by atoms with Crippen LogP contribution < -0.4 is 5.32 Å². The fourth-order valence-corrected chi connectivity index (χ4v) is 3.28. The number of aryl methyl sites for hydroxylation is 2. The largest absolute Gasteiger partial charge is 0.441 e. The molecule has 0 aliphatic carbocycles. The number of unbranched alkanes of at least 4 members (excludes halogenated alkanes) is 1. The molecule has 0 aliphatic rings. The van der Waals surface area contributed by atoms with Crippen LogP contribution in [0.2, 0.25) is 0 Å². The second kappa shape index (κ2) is 9.52. The fraction of sp³-hybridized carbons (Fsp3) is 0.474. The topological polar surface area (TPSA) is 55.1 Å². The second-order valence-electron chi connectivity index (χ2n) is 5.87. The maximum Gasteiger partial charge on any atom is 0.273 e. The molecule has 130 valence electrons. The van der Waals surface area contributed by atoms with Gasteiger partial charge in [-0.1, -0.05) is 31.0 Å². The van der Waals surface area contributed by atoms with Crippen molar-refractivity contribution in [2.75, 3.05) is 18.1 Å². The highest BCUT2D eigenvalue weighted by Gasteiger charge is 2.17. The molecular weight excluding hydrogens is 320 g/mol. The molecule has 0 aliphatic heterocycles. The zero-order valence-corrected chi connectivity index (χ0v) is 15.5. The summed E-state index contributed by atoms with van der Waals surface area (Å²) >= 11 is 1.95. The lowest BCUT2D eigenvalue weighted by Crippen LogP contribution is -2.25. The molecule has 0 spiro atoms. The average molecular weight is 346 g/mol. The number of nitrogens with zero attached hydrogens (tertiary/aromatic N) is 1. The lowest BCUT2D eigenvalue weighted by molar-refractivity contribution is 0.0948. The van der Waals surface area contributed by atoms with Gasteiger partial charge in [0, 0.05) is 12.1 Å². The maximum absolute atomic E-state index is 12.3. The number of amides is 1. The van der Waals surface area contributed by atoms with Crippen LogP contribution in [0, 0.1) is 13.8 Å². The van der Waals surface area contributed by atoms with Crippen LogP contribution >= 0.6 is 11.8 Å². The van der Waals surface area contributed by atoms with Crippen molar-refractivity contribution in [2.45, 2.75) is 40.0 Å². The van der Waals surface area contributed by atoms with Crippen LogP contribution in [-0.2, 0) is 0 Å². The minimum absolute atomic E-state index is 0.159. The number of nitrogens with one attached hydrogen (secondary N) is 1. The van der Waals surface area contributed by atoms with Crippen molar-refractivity contribution in [2.24, 2.45) is 0 Å². The molecule has 0 unspecified atom stereocenters. The van der Waals surface area contributed by atoms with E-state index in [1.54, 1.807) is 6.92 Å². The number of hydrogen-bond donors (Lipinski definition) is 1. The van der Waals surface area contributed by atoms with Crippen LogP contribution in [0.5, 0.6) is 0 Å². The van der Waals surface area contributed by atoms with E-state index in [1.165, 1.54) is 24.2 Å². The molecule has 24 heavy (non-hydrogen) atoms. The molecule has 0 saturated heterocycles. The molecule has 0 radical (unpaired) electrons. The Bertz CT molecular complexity index is 650. The molecule has 4 nitrogen and oxygen atoms in total. The SMILES string of the molecule is CCCCSCCCNC(=O)c1nc(-c2ccc(C)cc2)oc1C. The molecule has 0 fully saturated rings. The number of carbonyl (C=O) groups excluding carboxylic acids is 1. The number of benzene rings is 1. The zero-order chi connectivity index (χ0) is 17.4. The summed E-state index contributed by atoms with van der Waals surface area (Å²) in [5, 5.41) is 2.93. The van der Waals surface area contributed by atoms with Gasteiger partial charge in [0.05, 0.1) is 0 Å². The molecule has 2 aromatic rings. The molecule has 0 atom stereocenters. The minimum Gasteiger partial charge on any atom is -0.441 e. The van der Waals surface area contributed by atoms with Crippen LogP contribution in [-0.4, -0.2) is 28.9 Å². The Morgan fingerprint density at radius 3 is 2.58 bits per heavy atom. The summed E-state index contributed by atoms with van der Waals surface area (Å²) in [5.41, 5.74) is 2.44. The van der Waals surface area contributed by atoms with E-state index in [9.17, 15) is 4.79 Å². The van der Waals surface area contributed by atoms with Crippen molar-refractivity contribution in [1.82, 2.24) is 10.3 Å². The predicted molar refractivity (Wildman–Crippen MR) is 101 cm³/mol. The third-order valence-electron chi connectivity index (χ3n) is 3.70. The van der Waals surface area contributed by atoms with E-state index < -0.39 is 0 Å². The number of aromatic nitrogens is 1. The Morgan fingerprint density at radius 1 is 1.17 bits per heavy atom. The van der Waals surface area contributed by atoms with E-state index in [4.69, 9.17) is 4.42 Å². The minimum atomic E-state index is -0.159. The number of carbonyl (C=O) groups is 1. The van der Waals surface area contributed by atoms with Crippen molar-refractivity contribution >= 4 is 17.7 Å². The quantitative estimate of drug-likeness (QED) is 0.674. The summed E-state index contributed by atoms with van der Waals surface area (Å²) in [6.45, 7) is 6.68. The number of hydrogen-bond acceptors (Lipinski definition) is 4. The van der Waals surface area contributed by atoms with Crippen molar-refractivity contribution < 1.29 is 9.21 Å². The molecule has 1 amide bonds. The highest BCUT2D eigenvalue weighted by Crippen LogP contribution is 2.22. The molecule has 1 heterocycles. The Kier molecular flexibility index (Phi) is 7.37. The van der Waals surface area contributed by atoms with Crippen molar-refractivity contribution in [3.8, 4) is 11.5 Å². The van der Waals surface area contributed by atoms with Crippen LogP contribution in [0.1, 0.15) is 48.0 Å². The van der Waals surface area contributed by atoms with Crippen molar-refractivity contribution in [3.05, 3.63) is 41.3 Å². The van der Waals surface area contributed by atoms with Gasteiger partial charge in [0.25, 0.3) is 5.91 Å². The summed E-state index contributed by atoms with van der Waals surface area (Å²) in [6, 6.07) is 7.92. The van der Waals surface area contributed by atoms with Gasteiger partial charge in [-0.05, 0) is 50.3 Å². The number of oxazole rings is 1. The zero-order valence-electron chi connectivity index (χ0n) is 14.7. The predicted octanol–water partition coefficient (Wildman–Crippen LogP) is 4.61. The Labute approximate surface area is 148 Å². The maximum atomic E-state index is 12.3. The molecule has 2 rings (SSSR count). The van der Waals surface area contributed by atoms with E-state index >= 15 is 0 Å². The molecular formula is C19H26N2O2S. The third kappa shape index (κ3) is 5.41. The Morgan fingerprint density at radius 2 is 1.88 bits per heavy atom. The Hall–Kier alpha value is -1.75. The Balaban J connectivity index is 1.85. The lowest BCUT2D eigenvalue weighted by atomic mass is 10.1. The van der Waals surface area contributed by atoms with E-state index in [2.05, 4.69) is 17.2 Å². The molecule has 0 saturated carbocycles. The first-order chi connectivity index (χ1) is 11.6. The van der Waals surface area contributed by atoms with Crippen LogP contribution in [0.25, 0.3) is 11.5 Å². The van der Waals surface area contributed by atoms with Crippen molar-refractivity contribution in [1.29, 1.82) is 0 Å². The van der Waals surface area contributed by atoms with Crippen molar-refractivity contribution in [3.63, 3.8) is 0 Å². The van der Waals surface area contributed by atoms with Gasteiger partial charge in [-0.2, -0.15) is 11.8 Å². The van der Waals surface area contributed by atoms with Gasteiger partial charge < -0.3 is 9.73 Å². The summed E-state index contributed by atoms with van der Waals surface area (Å²) < 4.78 is 5.66. The normalized spacial score (nSPS) is 10.8. The number of rotatable bonds is 9. The summed E-state index contributed by atoms with van der Waals surface area (Å²) in [5.74, 6) is 3.17. The summed E-state index contributed by atoms with van der Waals surface area (Å²) in [7, 11) is 0. The average Bonchev–Trinajstić information content (AvgIpc) is 2.96. The summed E-state index contributed by atoms with van der Waals surface area (Å²) in [6.07, 6.45) is 3.47. The molecule has 1 aromatic heterocycles. The van der Waals surface area contributed by atoms with E-state index in [-0.39, 0.29) is 5.91 Å². The van der Waals surface area contributed by atoms with Gasteiger partial charge in [0.1, 0.15) is 5.76 Å². The highest BCUT2D eigenvalue weighted by atomic mass is 32.2. The van der Waals surface area contributed by atoms with E-state index in [1.807, 2.05) is 43.0 Å². The molecule has 5 heteroatoms. The lowest BCUT2D eigenvalue weighted by Gasteiger charge is -2.03. The van der Waals surface area contributed by atoms with Gasteiger partial charge >= 0.3 is 0 Å². The smallest absolute Gasteiger partial charge is 0.273 e. The monoisotopic (exact) mass is 346 g/mol. The third-order valence-corrected chi connectivity index (χ3v) is 4.86. The second-order valence-corrected chi connectivity index (χ2v) is 7.09. The standard InChI is InChI=1S/C19H26N2O2S/c1-4-5-12-24-13-6-11-20-18(22)17-15(3)23-19(21-17)16-9-7-14(2)8-10-16/h7-10H,4-6,11-13H2,1-3H3,(H,20,22).